The first kappa shape index (κ1) is 14.4. The summed E-state index contributed by atoms with van der Waals surface area (Å²) >= 11 is 1.21. The molecule has 1 aromatic heterocycles. The molecule has 120 valence electrons. The van der Waals surface area contributed by atoms with E-state index in [1.807, 2.05) is 0 Å². The standard InChI is InChI=1S/C15H12F2N2O3S/c1-7-8(6-23-18-7)15(20)19-4-11-12(5-19)22-14-10(17)3-2-9(16)13(14)21-11/h2-3,6,11-12H,4-5H2,1H3/t11-,12+. The van der Waals surface area contributed by atoms with E-state index in [1.54, 1.807) is 17.2 Å². The molecule has 0 N–H and O–H groups in total. The van der Waals surface area contributed by atoms with Crippen molar-refractivity contribution in [2.24, 2.45) is 0 Å². The van der Waals surface area contributed by atoms with Gasteiger partial charge in [-0.15, -0.1) is 0 Å². The Kier molecular flexibility index (Phi) is 3.22. The molecule has 1 fully saturated rings. The number of carbonyl (C=O) groups is 1. The third kappa shape index (κ3) is 2.24. The van der Waals surface area contributed by atoms with Gasteiger partial charge in [0.25, 0.3) is 5.91 Å². The number of hydrogen-bond acceptors (Lipinski definition) is 5. The van der Waals surface area contributed by atoms with Crippen LogP contribution >= 0.6 is 11.5 Å². The Balaban J connectivity index is 1.58. The van der Waals surface area contributed by atoms with Crippen LogP contribution in [0.2, 0.25) is 0 Å². The summed E-state index contributed by atoms with van der Waals surface area (Å²) in [5.41, 5.74) is 1.20. The topological polar surface area (TPSA) is 51.7 Å². The highest BCUT2D eigenvalue weighted by molar-refractivity contribution is 7.03. The second-order valence-electron chi connectivity index (χ2n) is 5.52. The average Bonchev–Trinajstić information content (AvgIpc) is 3.14. The zero-order valence-electron chi connectivity index (χ0n) is 12.1. The molecule has 2 aromatic rings. The van der Waals surface area contributed by atoms with Crippen LogP contribution in [0.15, 0.2) is 17.5 Å². The zero-order valence-corrected chi connectivity index (χ0v) is 12.9. The van der Waals surface area contributed by atoms with Gasteiger partial charge in [0.15, 0.2) is 23.8 Å². The van der Waals surface area contributed by atoms with E-state index < -0.39 is 23.8 Å². The minimum Gasteiger partial charge on any atom is -0.478 e. The Morgan fingerprint density at radius 3 is 2.26 bits per heavy atom. The third-order valence-corrected chi connectivity index (χ3v) is 4.76. The Morgan fingerprint density at radius 1 is 1.22 bits per heavy atom. The zero-order chi connectivity index (χ0) is 16.1. The monoisotopic (exact) mass is 338 g/mol. The number of hydrogen-bond donors (Lipinski definition) is 0. The van der Waals surface area contributed by atoms with Gasteiger partial charge in [-0.3, -0.25) is 4.79 Å². The Hall–Kier alpha value is -2.22. The van der Waals surface area contributed by atoms with E-state index in [1.165, 1.54) is 11.5 Å². The lowest BCUT2D eigenvalue weighted by Crippen LogP contribution is -2.39. The third-order valence-electron chi connectivity index (χ3n) is 4.04. The van der Waals surface area contributed by atoms with Gasteiger partial charge < -0.3 is 14.4 Å². The van der Waals surface area contributed by atoms with Gasteiger partial charge in [0.1, 0.15) is 0 Å². The lowest BCUT2D eigenvalue weighted by Gasteiger charge is -2.28. The van der Waals surface area contributed by atoms with Crippen LogP contribution < -0.4 is 9.47 Å². The highest BCUT2D eigenvalue weighted by atomic mass is 32.1. The van der Waals surface area contributed by atoms with E-state index in [4.69, 9.17) is 9.47 Å². The first-order valence-electron chi connectivity index (χ1n) is 7.06. The number of aryl methyl sites for hydroxylation is 1. The molecule has 1 aromatic carbocycles. The predicted octanol–water partition coefficient (Wildman–Crippen LogP) is 2.39. The van der Waals surface area contributed by atoms with Gasteiger partial charge >= 0.3 is 0 Å². The first-order chi connectivity index (χ1) is 11.0. The molecule has 2 atom stereocenters. The molecule has 0 radical (unpaired) electrons. The summed E-state index contributed by atoms with van der Waals surface area (Å²) in [6.07, 6.45) is -1.04. The average molecular weight is 338 g/mol. The molecule has 3 heterocycles. The minimum atomic E-state index is -0.678. The number of aromatic nitrogens is 1. The number of benzene rings is 1. The van der Waals surface area contributed by atoms with Crippen molar-refractivity contribution in [2.45, 2.75) is 19.1 Å². The number of amides is 1. The number of nitrogens with zero attached hydrogens (tertiary/aromatic N) is 2. The van der Waals surface area contributed by atoms with E-state index in [2.05, 4.69) is 4.37 Å². The number of rotatable bonds is 1. The molecule has 5 nitrogen and oxygen atoms in total. The number of likely N-dealkylation sites (tertiary alicyclic amines) is 1. The van der Waals surface area contributed by atoms with Crippen molar-refractivity contribution >= 4 is 17.4 Å². The molecule has 8 heteroatoms. The normalized spacial score (nSPS) is 22.1. The quantitative estimate of drug-likeness (QED) is 0.801. The number of fused-ring (bicyclic) bond motifs is 2. The van der Waals surface area contributed by atoms with Gasteiger partial charge in [0.2, 0.25) is 11.5 Å². The first-order valence-corrected chi connectivity index (χ1v) is 7.90. The molecule has 0 bridgehead atoms. The van der Waals surface area contributed by atoms with Crippen LogP contribution in [0.3, 0.4) is 0 Å². The van der Waals surface area contributed by atoms with Crippen molar-refractivity contribution in [2.75, 3.05) is 13.1 Å². The van der Waals surface area contributed by atoms with Crippen molar-refractivity contribution < 1.29 is 23.0 Å². The summed E-state index contributed by atoms with van der Waals surface area (Å²) in [5, 5.41) is 1.69. The van der Waals surface area contributed by atoms with E-state index in [0.717, 1.165) is 12.1 Å². The second-order valence-corrected chi connectivity index (χ2v) is 6.15. The van der Waals surface area contributed by atoms with Gasteiger partial charge in [-0.1, -0.05) is 0 Å². The molecule has 2 aliphatic rings. The Morgan fingerprint density at radius 2 is 1.78 bits per heavy atom. The van der Waals surface area contributed by atoms with Crippen LogP contribution in [0.25, 0.3) is 0 Å². The molecule has 0 spiro atoms. The number of ether oxygens (including phenoxy) is 2. The fourth-order valence-electron chi connectivity index (χ4n) is 2.84. The number of carbonyl (C=O) groups excluding carboxylic acids is 1. The molecule has 0 saturated carbocycles. The highest BCUT2D eigenvalue weighted by Gasteiger charge is 2.44. The lowest BCUT2D eigenvalue weighted by molar-refractivity contribution is 0.0467. The molecule has 0 aliphatic carbocycles. The van der Waals surface area contributed by atoms with E-state index in [-0.39, 0.29) is 30.5 Å². The van der Waals surface area contributed by atoms with Crippen LogP contribution in [0.4, 0.5) is 8.78 Å². The molecule has 1 amide bonds. The summed E-state index contributed by atoms with van der Waals surface area (Å²) in [5.74, 6) is -1.99. The molecular formula is C15H12F2N2O3S. The van der Waals surface area contributed by atoms with Crippen molar-refractivity contribution in [3.63, 3.8) is 0 Å². The lowest BCUT2D eigenvalue weighted by atomic mass is 10.2. The summed E-state index contributed by atoms with van der Waals surface area (Å²) in [6, 6.07) is 1.99. The summed E-state index contributed by atoms with van der Waals surface area (Å²) < 4.78 is 42.7. The van der Waals surface area contributed by atoms with Gasteiger partial charge in [-0.05, 0) is 30.6 Å². The van der Waals surface area contributed by atoms with E-state index >= 15 is 0 Å². The van der Waals surface area contributed by atoms with Crippen LogP contribution in [-0.2, 0) is 0 Å². The van der Waals surface area contributed by atoms with Gasteiger partial charge in [0.05, 0.1) is 24.3 Å². The predicted molar refractivity (Wildman–Crippen MR) is 77.9 cm³/mol. The Labute approximate surface area is 134 Å². The molecule has 1 saturated heterocycles. The summed E-state index contributed by atoms with van der Waals surface area (Å²) in [6.45, 7) is 2.28. The maximum absolute atomic E-state index is 13.8. The Bertz CT molecular complexity index is 756. The molecule has 2 aliphatic heterocycles. The maximum Gasteiger partial charge on any atom is 0.256 e. The van der Waals surface area contributed by atoms with Gasteiger partial charge in [0, 0.05) is 5.38 Å². The van der Waals surface area contributed by atoms with Crippen LogP contribution in [0.5, 0.6) is 11.5 Å². The smallest absolute Gasteiger partial charge is 0.256 e. The van der Waals surface area contributed by atoms with Crippen molar-refractivity contribution in [3.8, 4) is 11.5 Å². The van der Waals surface area contributed by atoms with Crippen molar-refractivity contribution in [1.29, 1.82) is 0 Å². The highest BCUT2D eigenvalue weighted by Crippen LogP contribution is 2.40. The van der Waals surface area contributed by atoms with Gasteiger partial charge in [-0.2, -0.15) is 4.37 Å². The summed E-state index contributed by atoms with van der Waals surface area (Å²) in [4.78, 5) is 14.1. The largest absolute Gasteiger partial charge is 0.478 e. The molecule has 0 unspecified atom stereocenters. The second kappa shape index (κ2) is 5.16. The fourth-order valence-corrected chi connectivity index (χ4v) is 3.53. The summed E-state index contributed by atoms with van der Waals surface area (Å²) in [7, 11) is 0. The van der Waals surface area contributed by atoms with E-state index in [0.29, 0.717) is 11.3 Å². The van der Waals surface area contributed by atoms with Gasteiger partial charge in [-0.25, -0.2) is 8.78 Å². The van der Waals surface area contributed by atoms with Crippen LogP contribution in [0.1, 0.15) is 16.1 Å². The number of halogens is 2. The van der Waals surface area contributed by atoms with Crippen LogP contribution in [-0.4, -0.2) is 40.5 Å². The van der Waals surface area contributed by atoms with Crippen molar-refractivity contribution in [3.05, 3.63) is 40.4 Å². The molecule has 4 rings (SSSR count). The fraction of sp³-hybridized carbons (Fsp3) is 0.333. The molecular weight excluding hydrogens is 326 g/mol. The van der Waals surface area contributed by atoms with E-state index in [9.17, 15) is 13.6 Å². The maximum atomic E-state index is 13.8. The SMILES string of the molecule is Cc1nscc1C(=O)N1C[C@@H]2Oc3c(F)ccc(F)c3O[C@@H]2C1. The molecule has 23 heavy (non-hydrogen) atoms. The van der Waals surface area contributed by atoms with Crippen LogP contribution in [0, 0.1) is 18.6 Å². The van der Waals surface area contributed by atoms with Crippen molar-refractivity contribution in [1.82, 2.24) is 9.27 Å². The minimum absolute atomic E-state index is 0.178.